The number of carbonyl (C=O) groups excluding carboxylic acids is 3. The molecule has 0 aromatic heterocycles. The Hall–Kier alpha value is -3.19. The molecule has 2 heterocycles. The quantitative estimate of drug-likeness (QED) is 0.596. The number of carbonyl (C=O) groups is 3. The lowest BCUT2D eigenvalue weighted by atomic mass is 10.1. The fourth-order valence-corrected chi connectivity index (χ4v) is 4.18. The third-order valence-electron chi connectivity index (χ3n) is 6.04. The van der Waals surface area contributed by atoms with Crippen LogP contribution in [0.4, 0.5) is 0 Å². The van der Waals surface area contributed by atoms with Crippen molar-refractivity contribution in [1.82, 2.24) is 14.7 Å². The second kappa shape index (κ2) is 9.96. The maximum atomic E-state index is 12.6. The topological polar surface area (TPSA) is 70.2 Å². The van der Waals surface area contributed by atoms with Crippen LogP contribution in [0, 0.1) is 6.92 Å². The average Bonchev–Trinajstić information content (AvgIpc) is 3.04. The number of hydrogen-bond donors (Lipinski definition) is 0. The molecule has 2 aliphatic heterocycles. The standard InChI is InChI=1S/C25H29N3O4/c1-19-9-10-21-22(18-19)25(31)28(24(21)30)11-5-8-23(29)27-14-12-26(13-15-27)16-17-32-20-6-3-2-4-7-20/h2-4,6-7,9-10,18H,5,8,11-17H2,1H3. The van der Waals surface area contributed by atoms with E-state index in [0.717, 1.165) is 30.9 Å². The van der Waals surface area contributed by atoms with Crippen LogP contribution in [0.3, 0.4) is 0 Å². The Kier molecular flexibility index (Phi) is 6.85. The highest BCUT2D eigenvalue weighted by molar-refractivity contribution is 6.21. The lowest BCUT2D eigenvalue weighted by Crippen LogP contribution is -2.49. The number of fused-ring (bicyclic) bond motifs is 1. The van der Waals surface area contributed by atoms with E-state index in [4.69, 9.17) is 4.74 Å². The molecule has 0 unspecified atom stereocenters. The van der Waals surface area contributed by atoms with E-state index in [1.807, 2.05) is 48.2 Å². The summed E-state index contributed by atoms with van der Waals surface area (Å²) >= 11 is 0. The summed E-state index contributed by atoms with van der Waals surface area (Å²) in [5, 5.41) is 0. The van der Waals surface area contributed by atoms with Gasteiger partial charge in [-0.05, 0) is 37.6 Å². The summed E-state index contributed by atoms with van der Waals surface area (Å²) in [4.78, 5) is 43.1. The summed E-state index contributed by atoms with van der Waals surface area (Å²) in [5.41, 5.74) is 1.88. The van der Waals surface area contributed by atoms with Crippen molar-refractivity contribution in [2.45, 2.75) is 19.8 Å². The van der Waals surface area contributed by atoms with Gasteiger partial charge in [-0.3, -0.25) is 24.2 Å². The molecular weight excluding hydrogens is 406 g/mol. The molecule has 2 aliphatic rings. The molecule has 1 fully saturated rings. The Labute approximate surface area is 188 Å². The van der Waals surface area contributed by atoms with E-state index in [0.29, 0.717) is 43.7 Å². The van der Waals surface area contributed by atoms with Crippen molar-refractivity contribution < 1.29 is 19.1 Å². The molecule has 168 valence electrons. The minimum absolute atomic E-state index is 0.0811. The molecule has 3 amide bonds. The number of ether oxygens (including phenoxy) is 1. The first-order valence-corrected chi connectivity index (χ1v) is 11.2. The number of para-hydroxylation sites is 1. The Balaban J connectivity index is 1.16. The molecule has 0 N–H and O–H groups in total. The summed E-state index contributed by atoms with van der Waals surface area (Å²) in [6.07, 6.45) is 0.817. The lowest BCUT2D eigenvalue weighted by Gasteiger charge is -2.34. The molecule has 0 aliphatic carbocycles. The first-order chi connectivity index (χ1) is 15.5. The first kappa shape index (κ1) is 22.0. The molecule has 1 saturated heterocycles. The number of piperazine rings is 1. The largest absolute Gasteiger partial charge is 0.492 e. The van der Waals surface area contributed by atoms with Crippen LogP contribution in [0.2, 0.25) is 0 Å². The van der Waals surface area contributed by atoms with E-state index >= 15 is 0 Å². The van der Waals surface area contributed by atoms with Crippen molar-refractivity contribution in [2.75, 3.05) is 45.9 Å². The van der Waals surface area contributed by atoms with Crippen LogP contribution < -0.4 is 4.74 Å². The monoisotopic (exact) mass is 435 g/mol. The Bertz CT molecular complexity index is 984. The van der Waals surface area contributed by atoms with Gasteiger partial charge >= 0.3 is 0 Å². The van der Waals surface area contributed by atoms with Gasteiger partial charge in [0.05, 0.1) is 11.1 Å². The molecule has 4 rings (SSSR count). The number of hydrogen-bond acceptors (Lipinski definition) is 5. The van der Waals surface area contributed by atoms with Crippen molar-refractivity contribution >= 4 is 17.7 Å². The molecule has 7 heteroatoms. The second-order valence-electron chi connectivity index (χ2n) is 8.30. The molecule has 32 heavy (non-hydrogen) atoms. The van der Waals surface area contributed by atoms with Gasteiger partial charge in [-0.25, -0.2) is 0 Å². The Morgan fingerprint density at radius 1 is 0.906 bits per heavy atom. The smallest absolute Gasteiger partial charge is 0.261 e. The molecule has 2 aromatic carbocycles. The van der Waals surface area contributed by atoms with Crippen LogP contribution >= 0.6 is 0 Å². The van der Waals surface area contributed by atoms with Crippen molar-refractivity contribution in [3.8, 4) is 5.75 Å². The van der Waals surface area contributed by atoms with Gasteiger partial charge in [0.1, 0.15) is 12.4 Å². The number of nitrogens with zero attached hydrogens (tertiary/aromatic N) is 3. The highest BCUT2D eigenvalue weighted by Crippen LogP contribution is 2.24. The van der Waals surface area contributed by atoms with Gasteiger partial charge < -0.3 is 9.64 Å². The molecular formula is C25H29N3O4. The number of aryl methyl sites for hydroxylation is 1. The maximum absolute atomic E-state index is 12.6. The zero-order valence-corrected chi connectivity index (χ0v) is 18.5. The van der Waals surface area contributed by atoms with E-state index in [9.17, 15) is 14.4 Å². The van der Waals surface area contributed by atoms with Gasteiger partial charge in [0.2, 0.25) is 5.91 Å². The van der Waals surface area contributed by atoms with E-state index in [1.165, 1.54) is 4.90 Å². The van der Waals surface area contributed by atoms with E-state index in [2.05, 4.69) is 4.90 Å². The van der Waals surface area contributed by atoms with Crippen LogP contribution in [-0.4, -0.2) is 78.3 Å². The van der Waals surface area contributed by atoms with Crippen molar-refractivity contribution in [2.24, 2.45) is 0 Å². The third-order valence-corrected chi connectivity index (χ3v) is 6.04. The third kappa shape index (κ3) is 4.99. The highest BCUT2D eigenvalue weighted by Gasteiger charge is 2.35. The van der Waals surface area contributed by atoms with Crippen molar-refractivity contribution in [3.05, 3.63) is 65.2 Å². The molecule has 2 aromatic rings. The van der Waals surface area contributed by atoms with Gasteiger partial charge in [0, 0.05) is 45.7 Å². The minimum Gasteiger partial charge on any atom is -0.492 e. The van der Waals surface area contributed by atoms with E-state index in [1.54, 1.807) is 12.1 Å². The molecule has 0 bridgehead atoms. The van der Waals surface area contributed by atoms with Gasteiger partial charge in [0.15, 0.2) is 0 Å². The van der Waals surface area contributed by atoms with E-state index in [-0.39, 0.29) is 24.3 Å². The van der Waals surface area contributed by atoms with Gasteiger partial charge in [-0.2, -0.15) is 0 Å². The number of imide groups is 1. The zero-order valence-electron chi connectivity index (χ0n) is 18.5. The van der Waals surface area contributed by atoms with Crippen molar-refractivity contribution in [1.29, 1.82) is 0 Å². The number of benzene rings is 2. The summed E-state index contributed by atoms with van der Waals surface area (Å²) < 4.78 is 5.75. The first-order valence-electron chi connectivity index (χ1n) is 11.2. The van der Waals surface area contributed by atoms with Crippen LogP contribution in [-0.2, 0) is 4.79 Å². The predicted octanol–water partition coefficient (Wildman–Crippen LogP) is 2.59. The van der Waals surface area contributed by atoms with Crippen LogP contribution in [0.5, 0.6) is 5.75 Å². The molecule has 0 radical (unpaired) electrons. The fourth-order valence-electron chi connectivity index (χ4n) is 4.18. The fraction of sp³-hybridized carbons (Fsp3) is 0.400. The minimum atomic E-state index is -0.260. The summed E-state index contributed by atoms with van der Waals surface area (Å²) in [7, 11) is 0. The number of amides is 3. The summed E-state index contributed by atoms with van der Waals surface area (Å²) in [6, 6.07) is 15.1. The molecule has 0 atom stereocenters. The highest BCUT2D eigenvalue weighted by atomic mass is 16.5. The van der Waals surface area contributed by atoms with Crippen molar-refractivity contribution in [3.63, 3.8) is 0 Å². The average molecular weight is 436 g/mol. The van der Waals surface area contributed by atoms with Crippen LogP contribution in [0.1, 0.15) is 39.1 Å². The Morgan fingerprint density at radius 2 is 1.62 bits per heavy atom. The second-order valence-corrected chi connectivity index (χ2v) is 8.30. The number of rotatable bonds is 8. The molecule has 0 saturated carbocycles. The lowest BCUT2D eigenvalue weighted by molar-refractivity contribution is -0.133. The summed E-state index contributed by atoms with van der Waals surface area (Å²) in [6.45, 7) is 6.65. The van der Waals surface area contributed by atoms with E-state index < -0.39 is 0 Å². The SMILES string of the molecule is Cc1ccc2c(c1)C(=O)N(CCCC(=O)N1CCN(CCOc3ccccc3)CC1)C2=O. The maximum Gasteiger partial charge on any atom is 0.261 e. The summed E-state index contributed by atoms with van der Waals surface area (Å²) in [5.74, 6) is 0.434. The van der Waals surface area contributed by atoms with Crippen LogP contribution in [0.25, 0.3) is 0 Å². The predicted molar refractivity (Wildman–Crippen MR) is 121 cm³/mol. The molecule has 0 spiro atoms. The van der Waals surface area contributed by atoms with Crippen LogP contribution in [0.15, 0.2) is 48.5 Å². The normalized spacial score (nSPS) is 16.4. The van der Waals surface area contributed by atoms with Gasteiger partial charge in [-0.15, -0.1) is 0 Å². The molecule has 7 nitrogen and oxygen atoms in total. The Morgan fingerprint density at radius 3 is 2.38 bits per heavy atom. The zero-order chi connectivity index (χ0) is 22.5. The van der Waals surface area contributed by atoms with Gasteiger partial charge in [0.25, 0.3) is 11.8 Å². The van der Waals surface area contributed by atoms with Gasteiger partial charge in [-0.1, -0.05) is 29.8 Å².